The molecule has 4 aromatic rings. The molecule has 0 radical (unpaired) electrons. The Morgan fingerprint density at radius 3 is 2.32 bits per heavy atom. The zero-order chi connectivity index (χ0) is 22.2. The van der Waals surface area contributed by atoms with Crippen molar-refractivity contribution in [3.05, 3.63) is 87.0 Å². The number of nitrogens with one attached hydrogen (secondary N) is 1. The van der Waals surface area contributed by atoms with Crippen LogP contribution in [0.1, 0.15) is 0 Å². The highest BCUT2D eigenvalue weighted by Gasteiger charge is 2.29. The predicted molar refractivity (Wildman–Crippen MR) is 116 cm³/mol. The van der Waals surface area contributed by atoms with Gasteiger partial charge in [-0.05, 0) is 30.3 Å². The van der Waals surface area contributed by atoms with E-state index in [0.29, 0.717) is 16.6 Å². The number of nitro benzene ring substituents is 2. The SMILES string of the molecule is O=[N+]([O-])c1ccc(S(=O)(=O)Nc2ccccc2-c2nc3ccccc3s2)c([N+](=O)[O-])c1. The molecule has 0 fully saturated rings. The van der Waals surface area contributed by atoms with Gasteiger partial charge in [0.15, 0.2) is 4.90 Å². The molecule has 0 aliphatic carbocycles. The van der Waals surface area contributed by atoms with E-state index in [-0.39, 0.29) is 5.69 Å². The first kappa shape index (κ1) is 20.4. The van der Waals surface area contributed by atoms with Gasteiger partial charge in [-0.15, -0.1) is 11.3 Å². The van der Waals surface area contributed by atoms with Crippen molar-refractivity contribution in [3.8, 4) is 10.6 Å². The van der Waals surface area contributed by atoms with Crippen LogP contribution >= 0.6 is 11.3 Å². The van der Waals surface area contributed by atoms with Crippen LogP contribution in [-0.4, -0.2) is 23.2 Å². The van der Waals surface area contributed by atoms with Crippen LogP contribution in [0, 0.1) is 20.2 Å². The Kier molecular flexibility index (Phi) is 5.09. The first-order valence-electron chi connectivity index (χ1n) is 8.67. The molecule has 1 N–H and O–H groups in total. The minimum atomic E-state index is -4.43. The van der Waals surface area contributed by atoms with E-state index in [0.717, 1.165) is 22.3 Å². The summed E-state index contributed by atoms with van der Waals surface area (Å²) < 4.78 is 29.2. The third kappa shape index (κ3) is 3.93. The minimum Gasteiger partial charge on any atom is -0.279 e. The summed E-state index contributed by atoms with van der Waals surface area (Å²) in [7, 11) is -4.43. The number of non-ortho nitro benzene ring substituents is 1. The largest absolute Gasteiger partial charge is 0.296 e. The highest BCUT2D eigenvalue weighted by atomic mass is 32.2. The van der Waals surface area contributed by atoms with Gasteiger partial charge in [-0.1, -0.05) is 24.3 Å². The first-order chi connectivity index (χ1) is 14.8. The van der Waals surface area contributed by atoms with Gasteiger partial charge in [0, 0.05) is 11.6 Å². The Bertz CT molecular complexity index is 1420. The highest BCUT2D eigenvalue weighted by Crippen LogP contribution is 2.36. The average Bonchev–Trinajstić information content (AvgIpc) is 3.17. The van der Waals surface area contributed by atoms with Gasteiger partial charge in [-0.2, -0.15) is 0 Å². The van der Waals surface area contributed by atoms with Gasteiger partial charge in [-0.25, -0.2) is 13.4 Å². The van der Waals surface area contributed by atoms with Gasteiger partial charge in [0.05, 0.1) is 31.8 Å². The third-order valence-corrected chi connectivity index (χ3v) is 6.82. The summed E-state index contributed by atoms with van der Waals surface area (Å²) in [5.41, 5.74) is -0.0445. The number of fused-ring (bicyclic) bond motifs is 1. The number of benzene rings is 3. The Balaban J connectivity index is 1.78. The quantitative estimate of drug-likeness (QED) is 0.330. The molecule has 12 heteroatoms. The lowest BCUT2D eigenvalue weighted by atomic mass is 10.2. The number of nitrogens with zero attached hydrogens (tertiary/aromatic N) is 3. The van der Waals surface area contributed by atoms with E-state index in [2.05, 4.69) is 9.71 Å². The Morgan fingerprint density at radius 2 is 1.61 bits per heavy atom. The van der Waals surface area contributed by atoms with Crippen molar-refractivity contribution in [2.75, 3.05) is 4.72 Å². The molecule has 0 aliphatic rings. The van der Waals surface area contributed by atoms with Crippen molar-refractivity contribution in [2.45, 2.75) is 4.90 Å². The molecular weight excluding hydrogens is 444 g/mol. The number of thiazole rings is 1. The fraction of sp³-hybridized carbons (Fsp3) is 0. The lowest BCUT2D eigenvalue weighted by Gasteiger charge is -2.11. The van der Waals surface area contributed by atoms with Gasteiger partial charge < -0.3 is 0 Å². The number of rotatable bonds is 6. The summed E-state index contributed by atoms with van der Waals surface area (Å²) in [4.78, 5) is 24.3. The number of anilines is 1. The molecule has 1 aromatic heterocycles. The standard InChI is InChI=1S/C19H12N4O6S2/c24-22(25)12-9-10-18(16(11-12)23(26)27)31(28,29)21-14-6-2-1-5-13(14)19-20-15-7-3-4-8-17(15)30-19/h1-11,21H. The maximum atomic E-state index is 13.0. The van der Waals surface area contributed by atoms with E-state index in [1.807, 2.05) is 24.3 Å². The Labute approximate surface area is 179 Å². The first-order valence-corrected chi connectivity index (χ1v) is 11.0. The molecule has 4 rings (SSSR count). The van der Waals surface area contributed by atoms with Crippen LogP contribution in [0.2, 0.25) is 0 Å². The number of sulfonamides is 1. The second kappa shape index (κ2) is 7.74. The van der Waals surface area contributed by atoms with Gasteiger partial charge in [-0.3, -0.25) is 25.0 Å². The topological polar surface area (TPSA) is 145 Å². The zero-order valence-electron chi connectivity index (χ0n) is 15.5. The molecule has 0 aliphatic heterocycles. The lowest BCUT2D eigenvalue weighted by molar-refractivity contribution is -0.396. The molecule has 0 saturated heterocycles. The van der Waals surface area contributed by atoms with Gasteiger partial charge in [0.2, 0.25) is 0 Å². The van der Waals surface area contributed by atoms with E-state index in [4.69, 9.17) is 0 Å². The average molecular weight is 456 g/mol. The molecule has 0 spiro atoms. The smallest absolute Gasteiger partial charge is 0.279 e. The third-order valence-electron chi connectivity index (χ3n) is 4.34. The molecular formula is C19H12N4O6S2. The molecule has 0 saturated carbocycles. The monoisotopic (exact) mass is 456 g/mol. The fourth-order valence-corrected chi connectivity index (χ4v) is 5.17. The highest BCUT2D eigenvalue weighted by molar-refractivity contribution is 7.92. The molecule has 0 amide bonds. The van der Waals surface area contributed by atoms with E-state index in [9.17, 15) is 28.6 Å². The van der Waals surface area contributed by atoms with Crippen molar-refractivity contribution in [1.82, 2.24) is 4.98 Å². The van der Waals surface area contributed by atoms with Crippen LogP contribution in [0.5, 0.6) is 0 Å². The van der Waals surface area contributed by atoms with Crippen LogP contribution < -0.4 is 4.72 Å². The normalized spacial score (nSPS) is 11.4. The summed E-state index contributed by atoms with van der Waals surface area (Å²) in [6, 6.07) is 16.3. The van der Waals surface area contributed by atoms with Gasteiger partial charge in [0.25, 0.3) is 21.4 Å². The van der Waals surface area contributed by atoms with Crippen molar-refractivity contribution < 1.29 is 18.3 Å². The van der Waals surface area contributed by atoms with Gasteiger partial charge >= 0.3 is 0 Å². The summed E-state index contributed by atoms with van der Waals surface area (Å²) in [5.74, 6) is 0. The summed E-state index contributed by atoms with van der Waals surface area (Å²) in [6.45, 7) is 0. The molecule has 10 nitrogen and oxygen atoms in total. The van der Waals surface area contributed by atoms with E-state index < -0.39 is 36.1 Å². The summed E-state index contributed by atoms with van der Waals surface area (Å²) in [5, 5.41) is 22.8. The van der Waals surface area contributed by atoms with Crippen LogP contribution in [0.25, 0.3) is 20.8 Å². The van der Waals surface area contributed by atoms with Crippen LogP contribution in [0.15, 0.2) is 71.6 Å². The second-order valence-corrected chi connectivity index (χ2v) is 8.99. The molecule has 31 heavy (non-hydrogen) atoms. The molecule has 1 heterocycles. The van der Waals surface area contributed by atoms with Crippen LogP contribution in [0.3, 0.4) is 0 Å². The van der Waals surface area contributed by atoms with Crippen molar-refractivity contribution in [2.24, 2.45) is 0 Å². The van der Waals surface area contributed by atoms with Crippen LogP contribution in [-0.2, 0) is 10.0 Å². The lowest BCUT2D eigenvalue weighted by Crippen LogP contribution is -2.15. The maximum Gasteiger partial charge on any atom is 0.296 e. The number of hydrogen-bond acceptors (Lipinski definition) is 8. The molecule has 3 aromatic carbocycles. The van der Waals surface area contributed by atoms with E-state index in [1.165, 1.54) is 17.4 Å². The van der Waals surface area contributed by atoms with Crippen LogP contribution in [0.4, 0.5) is 17.1 Å². The molecule has 0 unspecified atom stereocenters. The predicted octanol–water partition coefficient (Wildman–Crippen LogP) is 4.58. The zero-order valence-corrected chi connectivity index (χ0v) is 17.1. The number of para-hydroxylation sites is 2. The molecule has 156 valence electrons. The number of aromatic nitrogens is 1. The summed E-state index contributed by atoms with van der Waals surface area (Å²) >= 11 is 1.37. The van der Waals surface area contributed by atoms with Crippen molar-refractivity contribution >= 4 is 48.6 Å². The maximum absolute atomic E-state index is 13.0. The number of hydrogen-bond donors (Lipinski definition) is 1. The molecule has 0 atom stereocenters. The van der Waals surface area contributed by atoms with E-state index in [1.54, 1.807) is 18.2 Å². The van der Waals surface area contributed by atoms with Crippen molar-refractivity contribution in [1.29, 1.82) is 0 Å². The van der Waals surface area contributed by atoms with Gasteiger partial charge in [0.1, 0.15) is 5.01 Å². The van der Waals surface area contributed by atoms with Crippen molar-refractivity contribution in [3.63, 3.8) is 0 Å². The molecule has 0 bridgehead atoms. The fourth-order valence-electron chi connectivity index (χ4n) is 2.94. The van der Waals surface area contributed by atoms with E-state index >= 15 is 0 Å². The minimum absolute atomic E-state index is 0.175. The second-order valence-electron chi connectivity index (χ2n) is 6.30. The Hall–Kier alpha value is -3.90. The Morgan fingerprint density at radius 1 is 0.903 bits per heavy atom. The summed E-state index contributed by atoms with van der Waals surface area (Å²) in [6.07, 6.45) is 0. The number of nitro groups is 2.